The number of sulfonamides is 1. The Bertz CT molecular complexity index is 683. The maximum atomic E-state index is 12.8. The minimum absolute atomic E-state index is 0. The molecule has 0 radical (unpaired) electrons. The van der Waals surface area contributed by atoms with Crippen LogP contribution in [0.1, 0.15) is 35.7 Å². The minimum atomic E-state index is -3.55. The molecule has 1 aromatic rings. The van der Waals surface area contributed by atoms with Gasteiger partial charge in [0, 0.05) is 19.1 Å². The molecule has 0 amide bonds. The quantitative estimate of drug-likeness (QED) is 0.811. The summed E-state index contributed by atoms with van der Waals surface area (Å²) in [6.07, 6.45) is 1.55. The Morgan fingerprint density at radius 1 is 1.33 bits per heavy atom. The Balaban J connectivity index is 0.00000288. The van der Waals surface area contributed by atoms with Crippen LogP contribution in [0.4, 0.5) is 0 Å². The maximum Gasteiger partial charge on any atom is 0.337 e. The van der Waals surface area contributed by atoms with Gasteiger partial charge in [0.15, 0.2) is 0 Å². The predicted molar refractivity (Wildman–Crippen MR) is 94.9 cm³/mol. The van der Waals surface area contributed by atoms with Gasteiger partial charge in [0.05, 0.1) is 17.6 Å². The molecule has 1 atom stereocenters. The van der Waals surface area contributed by atoms with Gasteiger partial charge in [0.2, 0.25) is 10.0 Å². The van der Waals surface area contributed by atoms with E-state index in [0.29, 0.717) is 30.1 Å². The summed E-state index contributed by atoms with van der Waals surface area (Å²) in [5, 5.41) is 0. The molecule has 0 spiro atoms. The number of carbonyl (C=O) groups excluding carboxylic acids is 1. The second kappa shape index (κ2) is 8.29. The van der Waals surface area contributed by atoms with Gasteiger partial charge in [-0.05, 0) is 56.4 Å². The Kier molecular flexibility index (Phi) is 7.22. The van der Waals surface area contributed by atoms with E-state index in [1.165, 1.54) is 23.5 Å². The molecule has 0 aromatic heterocycles. The SMILES string of the molecule is COC(=O)c1ccc(S(=O)(=O)N2CCC(C(C)N)CC2)c(C)c1.Cl. The fourth-order valence-electron chi connectivity index (χ4n) is 2.96. The zero-order chi connectivity index (χ0) is 17.2. The van der Waals surface area contributed by atoms with Gasteiger partial charge in [-0.2, -0.15) is 4.31 Å². The van der Waals surface area contributed by atoms with Gasteiger partial charge < -0.3 is 10.5 Å². The van der Waals surface area contributed by atoms with Gasteiger partial charge in [-0.25, -0.2) is 13.2 Å². The summed E-state index contributed by atoms with van der Waals surface area (Å²) in [4.78, 5) is 11.8. The summed E-state index contributed by atoms with van der Waals surface area (Å²) in [6.45, 7) is 4.61. The van der Waals surface area contributed by atoms with Gasteiger partial charge in [-0.1, -0.05) is 0 Å². The second-order valence-corrected chi connectivity index (χ2v) is 7.98. The zero-order valence-corrected chi connectivity index (χ0v) is 15.8. The number of carbonyl (C=O) groups is 1. The van der Waals surface area contributed by atoms with E-state index in [1.54, 1.807) is 13.0 Å². The van der Waals surface area contributed by atoms with E-state index in [9.17, 15) is 13.2 Å². The molecule has 0 bridgehead atoms. The van der Waals surface area contributed by atoms with E-state index in [1.807, 2.05) is 6.92 Å². The van der Waals surface area contributed by atoms with Crippen molar-refractivity contribution in [3.05, 3.63) is 29.3 Å². The first kappa shape index (κ1) is 20.9. The van der Waals surface area contributed by atoms with Crippen molar-refractivity contribution in [3.63, 3.8) is 0 Å². The number of ether oxygens (including phenoxy) is 1. The normalized spacial score (nSPS) is 17.8. The highest BCUT2D eigenvalue weighted by molar-refractivity contribution is 7.89. The molecule has 0 aliphatic carbocycles. The first-order valence-corrected chi connectivity index (χ1v) is 9.16. The van der Waals surface area contributed by atoms with Crippen LogP contribution in [0.2, 0.25) is 0 Å². The molecule has 2 N–H and O–H groups in total. The summed E-state index contributed by atoms with van der Waals surface area (Å²) >= 11 is 0. The number of halogens is 1. The van der Waals surface area contributed by atoms with Crippen LogP contribution in [0, 0.1) is 12.8 Å². The van der Waals surface area contributed by atoms with E-state index in [-0.39, 0.29) is 23.3 Å². The Morgan fingerprint density at radius 3 is 2.38 bits per heavy atom. The van der Waals surface area contributed by atoms with Gasteiger partial charge >= 0.3 is 5.97 Å². The van der Waals surface area contributed by atoms with Crippen LogP contribution in [0.25, 0.3) is 0 Å². The average Bonchev–Trinajstić information content (AvgIpc) is 2.53. The van der Waals surface area contributed by atoms with Crippen molar-refractivity contribution < 1.29 is 17.9 Å². The molecule has 1 aliphatic rings. The molecule has 24 heavy (non-hydrogen) atoms. The molecule has 136 valence electrons. The lowest BCUT2D eigenvalue weighted by Crippen LogP contribution is -2.42. The number of rotatable bonds is 4. The van der Waals surface area contributed by atoms with Gasteiger partial charge in [0.1, 0.15) is 0 Å². The topological polar surface area (TPSA) is 89.7 Å². The summed E-state index contributed by atoms with van der Waals surface area (Å²) in [5.74, 6) is -0.112. The monoisotopic (exact) mass is 376 g/mol. The van der Waals surface area contributed by atoms with Crippen molar-refractivity contribution in [2.45, 2.75) is 37.6 Å². The number of methoxy groups -OCH3 is 1. The van der Waals surface area contributed by atoms with E-state index < -0.39 is 16.0 Å². The molecule has 1 aliphatic heterocycles. The van der Waals surface area contributed by atoms with Crippen LogP contribution in [-0.2, 0) is 14.8 Å². The Morgan fingerprint density at radius 2 is 1.92 bits per heavy atom. The third-order valence-electron chi connectivity index (χ3n) is 4.46. The lowest BCUT2D eigenvalue weighted by molar-refractivity contribution is 0.0600. The zero-order valence-electron chi connectivity index (χ0n) is 14.2. The standard InChI is InChI=1S/C16H24N2O4S.ClH/c1-11-10-14(16(19)22-3)4-5-15(11)23(20,21)18-8-6-13(7-9-18)12(2)17;/h4-5,10,12-13H,6-9,17H2,1-3H3;1H. The average molecular weight is 377 g/mol. The predicted octanol–water partition coefficient (Wildman–Crippen LogP) is 1.95. The van der Waals surface area contributed by atoms with Crippen LogP contribution in [0.5, 0.6) is 0 Å². The van der Waals surface area contributed by atoms with Crippen LogP contribution in [0.15, 0.2) is 23.1 Å². The highest BCUT2D eigenvalue weighted by Gasteiger charge is 2.31. The van der Waals surface area contributed by atoms with Crippen LogP contribution >= 0.6 is 12.4 Å². The van der Waals surface area contributed by atoms with Crippen LogP contribution < -0.4 is 5.73 Å². The summed E-state index contributed by atoms with van der Waals surface area (Å²) in [6, 6.07) is 4.60. The van der Waals surface area contributed by atoms with Gasteiger partial charge in [0.25, 0.3) is 0 Å². The number of nitrogens with two attached hydrogens (primary N) is 1. The highest BCUT2D eigenvalue weighted by Crippen LogP contribution is 2.27. The lowest BCUT2D eigenvalue weighted by Gasteiger charge is -2.33. The molecule has 1 saturated heterocycles. The molecule has 1 heterocycles. The van der Waals surface area contributed by atoms with Crippen molar-refractivity contribution in [2.75, 3.05) is 20.2 Å². The van der Waals surface area contributed by atoms with Crippen molar-refractivity contribution in [2.24, 2.45) is 11.7 Å². The number of piperidine rings is 1. The van der Waals surface area contributed by atoms with E-state index in [4.69, 9.17) is 5.73 Å². The summed E-state index contributed by atoms with van der Waals surface area (Å²) in [7, 11) is -2.25. The van der Waals surface area contributed by atoms with Gasteiger partial charge in [-0.3, -0.25) is 0 Å². The van der Waals surface area contributed by atoms with Crippen molar-refractivity contribution in [3.8, 4) is 0 Å². The molecular formula is C16H25ClN2O4S. The third-order valence-corrected chi connectivity index (χ3v) is 6.51. The van der Waals surface area contributed by atoms with E-state index in [0.717, 1.165) is 12.8 Å². The smallest absolute Gasteiger partial charge is 0.337 e. The fourth-order valence-corrected chi connectivity index (χ4v) is 4.64. The number of aryl methyl sites for hydroxylation is 1. The Hall–Kier alpha value is -1.15. The van der Waals surface area contributed by atoms with Crippen LogP contribution in [0.3, 0.4) is 0 Å². The van der Waals surface area contributed by atoms with Crippen molar-refractivity contribution in [1.82, 2.24) is 4.31 Å². The molecule has 1 aromatic carbocycles. The largest absolute Gasteiger partial charge is 0.465 e. The molecule has 8 heteroatoms. The second-order valence-electron chi connectivity index (χ2n) is 6.07. The first-order chi connectivity index (χ1) is 10.8. The molecular weight excluding hydrogens is 352 g/mol. The summed E-state index contributed by atoms with van der Waals surface area (Å²) in [5.41, 5.74) is 6.79. The molecule has 6 nitrogen and oxygen atoms in total. The number of nitrogens with zero attached hydrogens (tertiary/aromatic N) is 1. The lowest BCUT2D eigenvalue weighted by atomic mass is 9.92. The molecule has 1 unspecified atom stereocenters. The molecule has 0 saturated carbocycles. The Labute approximate surface area is 149 Å². The number of hydrogen-bond donors (Lipinski definition) is 1. The molecule has 1 fully saturated rings. The van der Waals surface area contributed by atoms with E-state index in [2.05, 4.69) is 4.74 Å². The van der Waals surface area contributed by atoms with Crippen LogP contribution in [-0.4, -0.2) is 44.9 Å². The first-order valence-electron chi connectivity index (χ1n) is 7.72. The van der Waals surface area contributed by atoms with Crippen molar-refractivity contribution in [1.29, 1.82) is 0 Å². The van der Waals surface area contributed by atoms with Gasteiger partial charge in [-0.15, -0.1) is 12.4 Å². The minimum Gasteiger partial charge on any atom is -0.465 e. The number of hydrogen-bond acceptors (Lipinski definition) is 5. The van der Waals surface area contributed by atoms with Crippen molar-refractivity contribution >= 4 is 28.4 Å². The highest BCUT2D eigenvalue weighted by atomic mass is 35.5. The number of esters is 1. The third kappa shape index (κ3) is 4.27. The van der Waals surface area contributed by atoms with E-state index >= 15 is 0 Å². The summed E-state index contributed by atoms with van der Waals surface area (Å²) < 4.78 is 31.8. The fraction of sp³-hybridized carbons (Fsp3) is 0.562. The maximum absolute atomic E-state index is 12.8. The molecule has 2 rings (SSSR count). The number of benzene rings is 1.